The number of nitrogens with zero attached hydrogens (tertiary/aromatic N) is 1. The highest BCUT2D eigenvalue weighted by Crippen LogP contribution is 2.26. The molecular formula is C15H14BrClN2O. The number of anilines is 1. The zero-order chi connectivity index (χ0) is 14.7. The Bertz CT molecular complexity index is 658. The summed E-state index contributed by atoms with van der Waals surface area (Å²) in [5.41, 5.74) is 3.10. The number of benzene rings is 1. The number of nitrogens with one attached hydrogen (secondary N) is 1. The third kappa shape index (κ3) is 3.38. The van der Waals surface area contributed by atoms with Gasteiger partial charge >= 0.3 is 0 Å². The van der Waals surface area contributed by atoms with Crippen LogP contribution in [0, 0.1) is 6.92 Å². The summed E-state index contributed by atoms with van der Waals surface area (Å²) < 4.78 is 0.879. The number of carbonyl (C=O) groups excluding carboxylic acids is 1. The number of aryl methyl sites for hydroxylation is 2. The van der Waals surface area contributed by atoms with Crippen molar-refractivity contribution in [1.82, 2.24) is 4.98 Å². The van der Waals surface area contributed by atoms with Gasteiger partial charge in [-0.15, -0.1) is 0 Å². The van der Waals surface area contributed by atoms with Gasteiger partial charge in [-0.1, -0.05) is 30.7 Å². The molecule has 0 atom stereocenters. The maximum atomic E-state index is 12.3. The highest BCUT2D eigenvalue weighted by molar-refractivity contribution is 9.10. The van der Waals surface area contributed by atoms with E-state index in [9.17, 15) is 4.79 Å². The average Bonchev–Trinajstić information content (AvgIpc) is 2.43. The second kappa shape index (κ2) is 6.37. The lowest BCUT2D eigenvalue weighted by molar-refractivity contribution is 0.102. The molecule has 1 aromatic carbocycles. The molecule has 0 aliphatic heterocycles. The molecule has 2 rings (SSSR count). The monoisotopic (exact) mass is 352 g/mol. The molecule has 1 N–H and O–H groups in total. The molecule has 0 unspecified atom stereocenters. The minimum Gasteiger partial charge on any atom is -0.321 e. The lowest BCUT2D eigenvalue weighted by atomic mass is 10.1. The Morgan fingerprint density at radius 2 is 2.15 bits per heavy atom. The van der Waals surface area contributed by atoms with Crippen LogP contribution in [0.4, 0.5) is 5.69 Å². The molecule has 1 amide bonds. The SMILES string of the molecule is CCc1cc(C(=O)Nc2cccc(C)c2Br)cc(Cl)n1. The van der Waals surface area contributed by atoms with Crippen molar-refractivity contribution in [2.45, 2.75) is 20.3 Å². The van der Waals surface area contributed by atoms with Crippen LogP contribution in [0.5, 0.6) is 0 Å². The molecule has 0 aliphatic rings. The summed E-state index contributed by atoms with van der Waals surface area (Å²) in [7, 11) is 0. The van der Waals surface area contributed by atoms with Crippen LogP contribution in [0.25, 0.3) is 0 Å². The van der Waals surface area contributed by atoms with Crippen molar-refractivity contribution in [2.24, 2.45) is 0 Å². The molecule has 0 radical (unpaired) electrons. The highest BCUT2D eigenvalue weighted by Gasteiger charge is 2.11. The Kier molecular flexibility index (Phi) is 4.78. The summed E-state index contributed by atoms with van der Waals surface area (Å²) in [5, 5.41) is 3.20. The zero-order valence-electron chi connectivity index (χ0n) is 11.2. The van der Waals surface area contributed by atoms with E-state index in [0.29, 0.717) is 10.7 Å². The first-order valence-corrected chi connectivity index (χ1v) is 7.41. The number of pyridine rings is 1. The smallest absolute Gasteiger partial charge is 0.255 e. The Hall–Kier alpha value is -1.39. The normalized spacial score (nSPS) is 10.4. The van der Waals surface area contributed by atoms with Crippen LogP contribution in [0.15, 0.2) is 34.8 Å². The fraction of sp³-hybridized carbons (Fsp3) is 0.200. The van der Waals surface area contributed by atoms with E-state index >= 15 is 0 Å². The van der Waals surface area contributed by atoms with Crippen molar-refractivity contribution < 1.29 is 4.79 Å². The summed E-state index contributed by atoms with van der Waals surface area (Å²) in [6.07, 6.45) is 0.731. The fourth-order valence-electron chi connectivity index (χ4n) is 1.80. The van der Waals surface area contributed by atoms with Gasteiger partial charge in [0.05, 0.1) is 5.69 Å². The summed E-state index contributed by atoms with van der Waals surface area (Å²) in [4.78, 5) is 16.4. The summed E-state index contributed by atoms with van der Waals surface area (Å²) in [6.45, 7) is 3.94. The van der Waals surface area contributed by atoms with Gasteiger partial charge in [0, 0.05) is 15.7 Å². The molecule has 0 saturated heterocycles. The quantitative estimate of drug-likeness (QED) is 0.818. The molecule has 0 spiro atoms. The molecule has 0 saturated carbocycles. The number of halogens is 2. The van der Waals surface area contributed by atoms with Crippen LogP contribution < -0.4 is 5.32 Å². The Morgan fingerprint density at radius 1 is 1.40 bits per heavy atom. The van der Waals surface area contributed by atoms with Gasteiger partial charge in [0.2, 0.25) is 0 Å². The van der Waals surface area contributed by atoms with Gasteiger partial charge in [0.15, 0.2) is 0 Å². The Balaban J connectivity index is 2.28. The summed E-state index contributed by atoms with van der Waals surface area (Å²) in [6, 6.07) is 9.04. The largest absolute Gasteiger partial charge is 0.321 e. The van der Waals surface area contributed by atoms with E-state index in [1.54, 1.807) is 12.1 Å². The standard InChI is InChI=1S/C15H14BrClN2O/c1-3-11-7-10(8-13(17)18-11)15(20)19-12-6-4-5-9(2)14(12)16/h4-8H,3H2,1-2H3,(H,19,20). The number of amides is 1. The molecule has 20 heavy (non-hydrogen) atoms. The molecule has 0 fully saturated rings. The lowest BCUT2D eigenvalue weighted by Crippen LogP contribution is -2.13. The second-order valence-corrected chi connectivity index (χ2v) is 5.59. The van der Waals surface area contributed by atoms with Crippen molar-refractivity contribution in [3.8, 4) is 0 Å². The predicted molar refractivity (Wildman–Crippen MR) is 85.5 cm³/mol. The molecule has 5 heteroatoms. The molecule has 0 aliphatic carbocycles. The van der Waals surface area contributed by atoms with Gasteiger partial charge in [-0.25, -0.2) is 4.98 Å². The van der Waals surface area contributed by atoms with E-state index in [-0.39, 0.29) is 5.91 Å². The Morgan fingerprint density at radius 3 is 2.85 bits per heavy atom. The number of hydrogen-bond donors (Lipinski definition) is 1. The average molecular weight is 354 g/mol. The molecular weight excluding hydrogens is 340 g/mol. The maximum Gasteiger partial charge on any atom is 0.255 e. The van der Waals surface area contributed by atoms with E-state index in [1.165, 1.54) is 0 Å². The molecule has 3 nitrogen and oxygen atoms in total. The summed E-state index contributed by atoms with van der Waals surface area (Å²) in [5.74, 6) is -0.199. The van der Waals surface area contributed by atoms with Crippen molar-refractivity contribution in [3.05, 3.63) is 56.8 Å². The zero-order valence-corrected chi connectivity index (χ0v) is 13.5. The van der Waals surface area contributed by atoms with Crippen LogP contribution in [-0.2, 0) is 6.42 Å². The molecule has 2 aromatic rings. The van der Waals surface area contributed by atoms with Gasteiger partial charge in [-0.05, 0) is 53.0 Å². The molecule has 104 valence electrons. The van der Waals surface area contributed by atoms with Gasteiger partial charge in [0.25, 0.3) is 5.91 Å². The first-order chi connectivity index (χ1) is 9.51. The van der Waals surface area contributed by atoms with Gasteiger partial charge < -0.3 is 5.32 Å². The third-order valence-electron chi connectivity index (χ3n) is 2.91. The molecule has 0 bridgehead atoms. The highest BCUT2D eigenvalue weighted by atomic mass is 79.9. The van der Waals surface area contributed by atoms with Crippen molar-refractivity contribution >= 4 is 39.1 Å². The Labute approximate surface area is 131 Å². The first-order valence-electron chi connectivity index (χ1n) is 6.24. The van der Waals surface area contributed by atoms with E-state index in [0.717, 1.165) is 27.8 Å². The van der Waals surface area contributed by atoms with E-state index in [2.05, 4.69) is 26.2 Å². The minimum absolute atomic E-state index is 0.199. The summed E-state index contributed by atoms with van der Waals surface area (Å²) >= 11 is 9.40. The van der Waals surface area contributed by atoms with Gasteiger partial charge in [0.1, 0.15) is 5.15 Å². The van der Waals surface area contributed by atoms with E-state index in [4.69, 9.17) is 11.6 Å². The third-order valence-corrected chi connectivity index (χ3v) is 4.16. The van der Waals surface area contributed by atoms with Crippen LogP contribution >= 0.6 is 27.5 Å². The lowest BCUT2D eigenvalue weighted by Gasteiger charge is -2.10. The predicted octanol–water partition coefficient (Wildman–Crippen LogP) is 4.62. The van der Waals surface area contributed by atoms with Crippen LogP contribution in [-0.4, -0.2) is 10.9 Å². The number of rotatable bonds is 3. The van der Waals surface area contributed by atoms with Crippen LogP contribution in [0.2, 0.25) is 5.15 Å². The minimum atomic E-state index is -0.199. The number of hydrogen-bond acceptors (Lipinski definition) is 2. The van der Waals surface area contributed by atoms with Gasteiger partial charge in [-0.3, -0.25) is 4.79 Å². The first kappa shape index (κ1) is 15.0. The van der Waals surface area contributed by atoms with Gasteiger partial charge in [-0.2, -0.15) is 0 Å². The van der Waals surface area contributed by atoms with Crippen LogP contribution in [0.3, 0.4) is 0 Å². The number of carbonyl (C=O) groups is 1. The topological polar surface area (TPSA) is 42.0 Å². The van der Waals surface area contributed by atoms with Crippen molar-refractivity contribution in [2.75, 3.05) is 5.32 Å². The molecule has 1 heterocycles. The van der Waals surface area contributed by atoms with E-state index in [1.807, 2.05) is 32.0 Å². The number of aromatic nitrogens is 1. The van der Waals surface area contributed by atoms with E-state index < -0.39 is 0 Å². The molecule has 1 aromatic heterocycles. The van der Waals surface area contributed by atoms with Crippen molar-refractivity contribution in [3.63, 3.8) is 0 Å². The van der Waals surface area contributed by atoms with Crippen molar-refractivity contribution in [1.29, 1.82) is 0 Å². The fourth-order valence-corrected chi connectivity index (χ4v) is 2.39. The second-order valence-electron chi connectivity index (χ2n) is 4.41. The maximum absolute atomic E-state index is 12.3. The van der Waals surface area contributed by atoms with Crippen LogP contribution in [0.1, 0.15) is 28.5 Å².